The average Bonchev–Trinajstić information content (AvgIpc) is 3.06. The fourth-order valence-corrected chi connectivity index (χ4v) is 6.32. The summed E-state index contributed by atoms with van der Waals surface area (Å²) >= 11 is 0. The van der Waals surface area contributed by atoms with E-state index in [9.17, 15) is 10.5 Å². The van der Waals surface area contributed by atoms with Gasteiger partial charge in [0.2, 0.25) is 0 Å². The van der Waals surface area contributed by atoms with Gasteiger partial charge in [-0.05, 0) is 79.3 Å². The highest BCUT2D eigenvalue weighted by atomic mass is 15.2. The molecular weight excluding hydrogens is 526 g/mol. The van der Waals surface area contributed by atoms with Crippen molar-refractivity contribution in [3.8, 4) is 12.1 Å². The van der Waals surface area contributed by atoms with Gasteiger partial charge in [-0.2, -0.15) is 10.5 Å². The third-order valence-corrected chi connectivity index (χ3v) is 8.57. The highest BCUT2D eigenvalue weighted by Gasteiger charge is 2.23. The second kappa shape index (κ2) is 10.7. The minimum Gasteiger partial charge on any atom is -0.338 e. The number of fused-ring (bicyclic) bond motifs is 6. The first-order valence-electron chi connectivity index (χ1n) is 14.6. The number of nitriles is 2. The highest BCUT2D eigenvalue weighted by Crippen LogP contribution is 2.38. The second-order valence-electron chi connectivity index (χ2n) is 11.3. The molecule has 7 rings (SSSR count). The van der Waals surface area contributed by atoms with Gasteiger partial charge in [0.1, 0.15) is 12.1 Å². The fraction of sp³-hybridized carbons (Fsp3) is 0.158. The summed E-state index contributed by atoms with van der Waals surface area (Å²) in [5.41, 5.74) is 8.98. The maximum absolute atomic E-state index is 9.62. The summed E-state index contributed by atoms with van der Waals surface area (Å²) < 4.78 is 0. The number of hydrogen-bond donors (Lipinski definition) is 0. The van der Waals surface area contributed by atoms with Crippen LogP contribution in [0.5, 0.6) is 0 Å². The quantitative estimate of drug-likeness (QED) is 0.207. The maximum Gasteiger partial charge on any atom is 0.177 e. The minimum atomic E-state index is 0.0555. The lowest BCUT2D eigenvalue weighted by atomic mass is 9.91. The third kappa shape index (κ3) is 4.66. The molecular formula is C38H29N5. The van der Waals surface area contributed by atoms with Crippen molar-refractivity contribution >= 4 is 43.8 Å². The highest BCUT2D eigenvalue weighted by molar-refractivity contribution is 6.23. The van der Waals surface area contributed by atoms with Crippen molar-refractivity contribution in [2.24, 2.45) is 0 Å². The van der Waals surface area contributed by atoms with Crippen molar-refractivity contribution in [2.45, 2.75) is 39.2 Å². The second-order valence-corrected chi connectivity index (χ2v) is 11.3. The lowest BCUT2D eigenvalue weighted by Crippen LogP contribution is -2.34. The summed E-state index contributed by atoms with van der Waals surface area (Å²) in [4.78, 5) is 11.7. The molecule has 1 atom stereocenters. The lowest BCUT2D eigenvalue weighted by Gasteiger charge is -2.36. The molecule has 0 saturated heterocycles. The van der Waals surface area contributed by atoms with E-state index in [-0.39, 0.29) is 17.4 Å². The largest absolute Gasteiger partial charge is 0.338 e. The number of nitrogens with zero attached hydrogens (tertiary/aromatic N) is 5. The van der Waals surface area contributed by atoms with Crippen LogP contribution in [0.3, 0.4) is 0 Å². The van der Waals surface area contributed by atoms with Crippen molar-refractivity contribution in [1.29, 1.82) is 10.5 Å². The molecule has 2 aliphatic carbocycles. The van der Waals surface area contributed by atoms with Crippen LogP contribution < -0.4 is 4.90 Å². The SMILES string of the molecule is CC1=CC[C@H](N(C2=CC=C(c3ccc4c(c3)c3ccccc3c3nc(C#N)c(C#N)nc43)CC2)c2ccc(C)cc2)C=C1. The minimum absolute atomic E-state index is 0.0555. The molecule has 5 nitrogen and oxygen atoms in total. The molecule has 0 amide bonds. The zero-order valence-electron chi connectivity index (χ0n) is 24.2. The number of benzene rings is 4. The summed E-state index contributed by atoms with van der Waals surface area (Å²) in [6.45, 7) is 4.29. The molecule has 0 radical (unpaired) electrons. The molecule has 5 aromatic rings. The van der Waals surface area contributed by atoms with Crippen LogP contribution in [0.4, 0.5) is 5.69 Å². The normalized spacial score (nSPS) is 16.4. The van der Waals surface area contributed by atoms with Crippen LogP contribution in [0.1, 0.15) is 48.7 Å². The molecule has 0 aliphatic heterocycles. The van der Waals surface area contributed by atoms with E-state index >= 15 is 0 Å². The van der Waals surface area contributed by atoms with Gasteiger partial charge < -0.3 is 4.90 Å². The number of allylic oxidation sites excluding steroid dienone is 6. The van der Waals surface area contributed by atoms with E-state index in [0.29, 0.717) is 11.0 Å². The van der Waals surface area contributed by atoms with Gasteiger partial charge in [0.15, 0.2) is 11.4 Å². The molecule has 4 aromatic carbocycles. The summed E-state index contributed by atoms with van der Waals surface area (Å²) in [7, 11) is 0. The molecule has 1 heterocycles. The number of aromatic nitrogens is 2. The Balaban J connectivity index is 1.33. The summed E-state index contributed by atoms with van der Waals surface area (Å²) in [5.74, 6) is 0. The van der Waals surface area contributed by atoms with Crippen LogP contribution in [0.25, 0.3) is 38.2 Å². The van der Waals surface area contributed by atoms with Crippen molar-refractivity contribution in [3.63, 3.8) is 0 Å². The van der Waals surface area contributed by atoms with E-state index in [0.717, 1.165) is 40.8 Å². The van der Waals surface area contributed by atoms with Gasteiger partial charge in [-0.3, -0.25) is 0 Å². The topological polar surface area (TPSA) is 76.6 Å². The first-order chi connectivity index (χ1) is 21.0. The van der Waals surface area contributed by atoms with Crippen LogP contribution in [0.2, 0.25) is 0 Å². The van der Waals surface area contributed by atoms with Crippen LogP contribution in [0, 0.1) is 29.6 Å². The molecule has 1 aromatic heterocycles. The number of aryl methyl sites for hydroxylation is 1. The van der Waals surface area contributed by atoms with Crippen LogP contribution in [0.15, 0.2) is 108 Å². The molecule has 0 unspecified atom stereocenters. The van der Waals surface area contributed by atoms with E-state index in [2.05, 4.69) is 108 Å². The van der Waals surface area contributed by atoms with Crippen LogP contribution >= 0.6 is 0 Å². The number of rotatable bonds is 4. The molecule has 0 spiro atoms. The van der Waals surface area contributed by atoms with E-state index in [4.69, 9.17) is 0 Å². The fourth-order valence-electron chi connectivity index (χ4n) is 6.32. The monoisotopic (exact) mass is 555 g/mol. The van der Waals surface area contributed by atoms with Gasteiger partial charge in [-0.25, -0.2) is 9.97 Å². The Bertz CT molecular complexity index is 2150. The average molecular weight is 556 g/mol. The van der Waals surface area contributed by atoms with E-state index in [1.165, 1.54) is 33.7 Å². The van der Waals surface area contributed by atoms with Gasteiger partial charge >= 0.3 is 0 Å². The van der Waals surface area contributed by atoms with Gasteiger partial charge in [0.25, 0.3) is 0 Å². The van der Waals surface area contributed by atoms with Gasteiger partial charge in [0, 0.05) is 22.2 Å². The number of hydrogen-bond acceptors (Lipinski definition) is 5. The first-order valence-corrected chi connectivity index (χ1v) is 14.6. The lowest BCUT2D eigenvalue weighted by molar-refractivity contribution is 0.719. The van der Waals surface area contributed by atoms with Crippen molar-refractivity contribution in [1.82, 2.24) is 9.97 Å². The summed E-state index contributed by atoms with van der Waals surface area (Å²) in [5, 5.41) is 23.2. The Kier molecular flexibility index (Phi) is 6.57. The van der Waals surface area contributed by atoms with Crippen molar-refractivity contribution < 1.29 is 0 Å². The Morgan fingerprint density at radius 2 is 1.47 bits per heavy atom. The Hall–Kier alpha value is -5.52. The van der Waals surface area contributed by atoms with Crippen LogP contribution in [-0.4, -0.2) is 16.0 Å². The molecule has 0 fully saturated rings. The summed E-state index contributed by atoms with van der Waals surface area (Å²) in [6, 6.07) is 27.8. The molecule has 0 N–H and O–H groups in total. The van der Waals surface area contributed by atoms with Crippen LogP contribution in [-0.2, 0) is 0 Å². The summed E-state index contributed by atoms with van der Waals surface area (Å²) in [6.07, 6.45) is 14.3. The molecule has 0 bridgehead atoms. The third-order valence-electron chi connectivity index (χ3n) is 8.57. The van der Waals surface area contributed by atoms with Crippen molar-refractivity contribution in [3.05, 3.63) is 131 Å². The Labute approximate surface area is 251 Å². The molecule has 206 valence electrons. The number of anilines is 1. The predicted octanol–water partition coefficient (Wildman–Crippen LogP) is 8.83. The molecule has 5 heteroatoms. The smallest absolute Gasteiger partial charge is 0.177 e. The first kappa shape index (κ1) is 26.4. The van der Waals surface area contributed by atoms with Gasteiger partial charge in [-0.1, -0.05) is 84.0 Å². The van der Waals surface area contributed by atoms with E-state index in [1.807, 2.05) is 30.3 Å². The Morgan fingerprint density at radius 3 is 2.09 bits per heavy atom. The van der Waals surface area contributed by atoms with E-state index < -0.39 is 0 Å². The standard InChI is InChI=1S/C38H29N5/c1-24-7-14-28(15-8-24)43(29-16-9-25(2)10-17-29)30-18-11-26(12-19-30)27-13-20-33-34(21-27)31-5-3-4-6-32(31)37-38(33)42-36(23-40)35(22-39)41-37/h3-11,13-16,18,20-21,29H,12,17,19H2,1-2H3/t29-/m1/s1. The Morgan fingerprint density at radius 1 is 0.767 bits per heavy atom. The molecule has 43 heavy (non-hydrogen) atoms. The van der Waals surface area contributed by atoms with Gasteiger partial charge in [-0.15, -0.1) is 0 Å². The molecule has 2 aliphatic rings. The van der Waals surface area contributed by atoms with Gasteiger partial charge in [0.05, 0.1) is 17.1 Å². The predicted molar refractivity (Wildman–Crippen MR) is 174 cm³/mol. The van der Waals surface area contributed by atoms with Crippen molar-refractivity contribution in [2.75, 3.05) is 4.90 Å². The zero-order valence-corrected chi connectivity index (χ0v) is 24.2. The van der Waals surface area contributed by atoms with E-state index in [1.54, 1.807) is 0 Å². The molecule has 0 saturated carbocycles. The zero-order chi connectivity index (χ0) is 29.5. The maximum atomic E-state index is 9.62.